The van der Waals surface area contributed by atoms with Gasteiger partial charge in [0.1, 0.15) is 11.4 Å². The van der Waals surface area contributed by atoms with Crippen LogP contribution in [-0.2, 0) is 11.3 Å². The summed E-state index contributed by atoms with van der Waals surface area (Å²) in [7, 11) is 0. The molecule has 37 heavy (non-hydrogen) atoms. The van der Waals surface area contributed by atoms with Crippen molar-refractivity contribution >= 4 is 28.3 Å². The van der Waals surface area contributed by atoms with Crippen LogP contribution in [0, 0.1) is 5.82 Å². The highest BCUT2D eigenvalue weighted by Gasteiger charge is 2.44. The number of benzene rings is 3. The Morgan fingerprint density at radius 3 is 2.32 bits per heavy atom. The van der Waals surface area contributed by atoms with E-state index in [0.29, 0.717) is 16.7 Å². The third-order valence-electron chi connectivity index (χ3n) is 6.80. The molecule has 188 valence electrons. The monoisotopic (exact) mass is 498 g/mol. The van der Waals surface area contributed by atoms with Gasteiger partial charge in [0.05, 0.1) is 11.6 Å². The summed E-state index contributed by atoms with van der Waals surface area (Å²) < 4.78 is 19.3. The topological polar surface area (TPSA) is 74.0 Å². The highest BCUT2D eigenvalue weighted by molar-refractivity contribution is 6.16. The van der Waals surface area contributed by atoms with Gasteiger partial charge in [-0.15, -0.1) is 0 Å². The Kier molecular flexibility index (Phi) is 6.53. The molecule has 1 aromatic heterocycles. The van der Waals surface area contributed by atoms with Gasteiger partial charge in [0, 0.05) is 30.7 Å². The molecule has 0 aliphatic carbocycles. The molecule has 1 N–H and O–H groups in total. The minimum Gasteiger partial charge on any atom is -0.503 e. The zero-order chi connectivity index (χ0) is 26.1. The second-order valence-electron chi connectivity index (χ2n) is 8.97. The van der Waals surface area contributed by atoms with Crippen LogP contribution in [0.4, 0.5) is 10.1 Å². The number of anilines is 1. The molecule has 0 bridgehead atoms. The molecule has 0 saturated heterocycles. The van der Waals surface area contributed by atoms with E-state index in [1.807, 2.05) is 36.4 Å². The molecule has 0 radical (unpaired) electrons. The lowest BCUT2D eigenvalue weighted by Crippen LogP contribution is -2.30. The molecular weight excluding hydrogens is 471 g/mol. The highest BCUT2D eigenvalue weighted by atomic mass is 19.1. The van der Waals surface area contributed by atoms with E-state index in [0.717, 1.165) is 24.2 Å². The first-order chi connectivity index (χ1) is 17.9. The predicted molar refractivity (Wildman–Crippen MR) is 140 cm³/mol. The van der Waals surface area contributed by atoms with Gasteiger partial charge in [0.15, 0.2) is 11.5 Å². The van der Waals surface area contributed by atoms with Crippen LogP contribution in [0.25, 0.3) is 11.0 Å². The van der Waals surface area contributed by atoms with Gasteiger partial charge in [-0.05, 0) is 61.4 Å². The number of halogens is 1. The van der Waals surface area contributed by atoms with Crippen molar-refractivity contribution in [2.45, 2.75) is 26.4 Å². The van der Waals surface area contributed by atoms with Gasteiger partial charge in [-0.2, -0.15) is 0 Å². The minimum atomic E-state index is -0.844. The lowest BCUT2D eigenvalue weighted by atomic mass is 9.94. The van der Waals surface area contributed by atoms with Crippen LogP contribution in [-0.4, -0.2) is 34.8 Å². The van der Waals surface area contributed by atoms with Crippen LogP contribution in [0.5, 0.6) is 0 Å². The number of fused-ring (bicyclic) bond motifs is 1. The SMILES string of the molecule is CCN(CC)c1ccc(C2C(C(=O)c3cc4ccccc4o3)=C(O)C(=O)N2Cc2ccc(F)cc2)cc1. The summed E-state index contributed by atoms with van der Waals surface area (Å²) in [5, 5.41) is 11.7. The smallest absolute Gasteiger partial charge is 0.290 e. The summed E-state index contributed by atoms with van der Waals surface area (Å²) in [6.45, 7) is 5.91. The van der Waals surface area contributed by atoms with Crippen molar-refractivity contribution in [2.24, 2.45) is 0 Å². The summed E-state index contributed by atoms with van der Waals surface area (Å²) in [6.07, 6.45) is 0. The van der Waals surface area contributed by atoms with Crippen LogP contribution in [0.3, 0.4) is 0 Å². The van der Waals surface area contributed by atoms with Crippen LogP contribution in [0.15, 0.2) is 94.6 Å². The molecule has 5 rings (SSSR count). The Labute approximate surface area is 214 Å². The van der Waals surface area contributed by atoms with Crippen molar-refractivity contribution in [3.63, 3.8) is 0 Å². The summed E-state index contributed by atoms with van der Waals surface area (Å²) >= 11 is 0. The van der Waals surface area contributed by atoms with Gasteiger partial charge in [0.25, 0.3) is 5.91 Å². The lowest BCUT2D eigenvalue weighted by molar-refractivity contribution is -0.130. The quantitative estimate of drug-likeness (QED) is 0.293. The number of carbonyl (C=O) groups excluding carboxylic acids is 2. The maximum Gasteiger partial charge on any atom is 0.290 e. The van der Waals surface area contributed by atoms with Gasteiger partial charge in [-0.25, -0.2) is 4.39 Å². The van der Waals surface area contributed by atoms with Gasteiger partial charge >= 0.3 is 0 Å². The Morgan fingerprint density at radius 2 is 1.68 bits per heavy atom. The van der Waals surface area contributed by atoms with Crippen LogP contribution >= 0.6 is 0 Å². The van der Waals surface area contributed by atoms with Gasteiger partial charge in [-0.1, -0.05) is 42.5 Å². The summed E-state index contributed by atoms with van der Waals surface area (Å²) in [6, 6.07) is 21.4. The van der Waals surface area contributed by atoms with Crippen LogP contribution in [0.1, 0.15) is 41.6 Å². The summed E-state index contributed by atoms with van der Waals surface area (Å²) in [5.41, 5.74) is 2.86. The fourth-order valence-corrected chi connectivity index (χ4v) is 4.86. The molecule has 2 heterocycles. The van der Waals surface area contributed by atoms with Crippen LogP contribution < -0.4 is 4.90 Å². The lowest BCUT2D eigenvalue weighted by Gasteiger charge is -2.28. The van der Waals surface area contributed by atoms with E-state index in [-0.39, 0.29) is 23.7 Å². The van der Waals surface area contributed by atoms with Gasteiger partial charge < -0.3 is 19.3 Å². The van der Waals surface area contributed by atoms with E-state index < -0.39 is 23.5 Å². The molecular formula is C30H27FN2O4. The number of Topliss-reactive ketones (excluding diaryl/α,β-unsaturated/α-hetero) is 1. The van der Waals surface area contributed by atoms with Crippen LogP contribution in [0.2, 0.25) is 0 Å². The Balaban J connectivity index is 1.57. The number of nitrogens with zero attached hydrogens (tertiary/aromatic N) is 2. The second kappa shape index (κ2) is 9.93. The van der Waals surface area contributed by atoms with E-state index in [1.165, 1.54) is 17.0 Å². The summed E-state index contributed by atoms with van der Waals surface area (Å²) in [4.78, 5) is 30.6. The number of furan rings is 1. The Bertz CT molecular complexity index is 1450. The maximum atomic E-state index is 13.7. The standard InChI is InChI=1S/C30H27FN2O4/c1-3-32(4-2)23-15-11-20(12-16-23)27-26(28(34)25-17-21-7-5-6-8-24(21)37-25)29(35)30(36)33(27)18-19-9-13-22(31)14-10-19/h5-17,27,35H,3-4,18H2,1-2H3. The number of hydrogen-bond donors (Lipinski definition) is 1. The minimum absolute atomic E-state index is 0.0400. The maximum absolute atomic E-state index is 13.7. The normalized spacial score (nSPS) is 15.6. The highest BCUT2D eigenvalue weighted by Crippen LogP contribution is 2.41. The molecule has 6 nitrogen and oxygen atoms in total. The number of aliphatic hydroxyl groups excluding tert-OH is 1. The van der Waals surface area contributed by atoms with Crippen molar-refractivity contribution in [1.82, 2.24) is 4.90 Å². The number of amides is 1. The van der Waals surface area contributed by atoms with Gasteiger partial charge in [-0.3, -0.25) is 9.59 Å². The predicted octanol–water partition coefficient (Wildman–Crippen LogP) is 6.20. The zero-order valence-electron chi connectivity index (χ0n) is 20.6. The van der Waals surface area contributed by atoms with E-state index in [9.17, 15) is 19.1 Å². The molecule has 1 amide bonds. The molecule has 1 unspecified atom stereocenters. The number of para-hydroxylation sites is 1. The summed E-state index contributed by atoms with van der Waals surface area (Å²) in [5.74, 6) is -2.17. The molecule has 0 saturated carbocycles. The van der Waals surface area contributed by atoms with E-state index in [2.05, 4.69) is 18.7 Å². The number of ketones is 1. The molecule has 4 aromatic rings. The van der Waals surface area contributed by atoms with Crippen molar-refractivity contribution in [2.75, 3.05) is 18.0 Å². The number of rotatable bonds is 8. The fourth-order valence-electron chi connectivity index (χ4n) is 4.86. The molecule has 1 aliphatic rings. The first kappa shape index (κ1) is 24.3. The van der Waals surface area contributed by atoms with Crippen molar-refractivity contribution in [1.29, 1.82) is 0 Å². The Morgan fingerprint density at radius 1 is 1.00 bits per heavy atom. The second-order valence-corrected chi connectivity index (χ2v) is 8.97. The molecule has 3 aromatic carbocycles. The molecule has 1 atom stereocenters. The molecule has 7 heteroatoms. The molecule has 0 fully saturated rings. The van der Waals surface area contributed by atoms with Crippen molar-refractivity contribution in [3.8, 4) is 0 Å². The molecule has 1 aliphatic heterocycles. The average molecular weight is 499 g/mol. The van der Waals surface area contributed by atoms with Crippen molar-refractivity contribution in [3.05, 3.63) is 113 Å². The number of carbonyl (C=O) groups is 2. The third-order valence-corrected chi connectivity index (χ3v) is 6.80. The zero-order valence-corrected chi connectivity index (χ0v) is 20.6. The van der Waals surface area contributed by atoms with E-state index >= 15 is 0 Å². The number of aliphatic hydroxyl groups is 1. The van der Waals surface area contributed by atoms with E-state index in [1.54, 1.807) is 30.3 Å². The Hall–Kier alpha value is -4.39. The average Bonchev–Trinajstić information content (AvgIpc) is 3.46. The third kappa shape index (κ3) is 4.48. The first-order valence-electron chi connectivity index (χ1n) is 12.3. The molecule has 0 spiro atoms. The van der Waals surface area contributed by atoms with E-state index in [4.69, 9.17) is 4.42 Å². The first-order valence-corrected chi connectivity index (χ1v) is 12.3. The van der Waals surface area contributed by atoms with Gasteiger partial charge in [0.2, 0.25) is 5.78 Å². The van der Waals surface area contributed by atoms with Crippen molar-refractivity contribution < 1.29 is 23.5 Å². The largest absolute Gasteiger partial charge is 0.503 e. The number of hydrogen-bond acceptors (Lipinski definition) is 5. The fraction of sp³-hybridized carbons (Fsp3) is 0.200.